The molecule has 13 heavy (non-hydrogen) atoms. The third kappa shape index (κ3) is 1.51. The molecule has 0 fully saturated rings. The third-order valence-electron chi connectivity index (χ3n) is 1.89. The number of rotatable bonds is 1. The molecule has 1 N–H and O–H groups in total. The monoisotopic (exact) mass is 190 g/mol. The lowest BCUT2D eigenvalue weighted by Crippen LogP contribution is -1.75. The average molecular weight is 191 g/mol. The van der Waals surface area contributed by atoms with Crippen molar-refractivity contribution < 1.29 is 0 Å². The van der Waals surface area contributed by atoms with Crippen LogP contribution in [0.25, 0.3) is 15.7 Å². The van der Waals surface area contributed by atoms with Crippen LogP contribution in [0, 0.1) is 6.57 Å². The summed E-state index contributed by atoms with van der Waals surface area (Å²) in [5.74, 6) is 0. The first-order chi connectivity index (χ1) is 6.29. The van der Waals surface area contributed by atoms with Gasteiger partial charge in [0.1, 0.15) is 0 Å². The lowest BCUT2D eigenvalue weighted by molar-refractivity contribution is 1.17. The smallest absolute Gasteiger partial charge is 0.254 e. The van der Waals surface area contributed by atoms with Crippen LogP contribution in [-0.2, 0) is 6.54 Å². The van der Waals surface area contributed by atoms with Gasteiger partial charge in [0, 0.05) is 15.9 Å². The van der Waals surface area contributed by atoms with Crippen molar-refractivity contribution in [1.82, 2.24) is 4.98 Å². The average Bonchev–Trinajstić information content (AvgIpc) is 2.46. The Hall–Kier alpha value is -1.46. The normalized spacial score (nSPS) is 10.2. The van der Waals surface area contributed by atoms with Gasteiger partial charge >= 0.3 is 0 Å². The molecule has 0 atom stereocenters. The first-order valence-electron chi connectivity index (χ1n) is 3.90. The first kappa shape index (κ1) is 8.15. The van der Waals surface area contributed by atoms with E-state index in [1.807, 2.05) is 24.3 Å². The van der Waals surface area contributed by atoms with E-state index in [0.29, 0.717) is 6.54 Å². The van der Waals surface area contributed by atoms with Crippen LogP contribution in [0.2, 0.25) is 5.02 Å². The van der Waals surface area contributed by atoms with Crippen LogP contribution in [0.5, 0.6) is 0 Å². The van der Waals surface area contributed by atoms with Crippen molar-refractivity contribution in [3.63, 3.8) is 0 Å². The molecular weight excluding hydrogens is 184 g/mol. The van der Waals surface area contributed by atoms with Crippen molar-refractivity contribution in [3.8, 4) is 0 Å². The molecule has 0 saturated heterocycles. The van der Waals surface area contributed by atoms with E-state index in [4.69, 9.17) is 18.2 Å². The Morgan fingerprint density at radius 3 is 3.00 bits per heavy atom. The van der Waals surface area contributed by atoms with E-state index in [1.54, 1.807) is 0 Å². The molecule has 0 aliphatic heterocycles. The molecule has 0 spiro atoms. The molecule has 1 aromatic heterocycles. The molecule has 3 heteroatoms. The zero-order valence-corrected chi connectivity index (χ0v) is 7.60. The van der Waals surface area contributed by atoms with Gasteiger partial charge in [0.2, 0.25) is 0 Å². The van der Waals surface area contributed by atoms with Gasteiger partial charge in [0.25, 0.3) is 6.54 Å². The summed E-state index contributed by atoms with van der Waals surface area (Å²) in [5.41, 5.74) is 1.97. The lowest BCUT2D eigenvalue weighted by atomic mass is 10.2. The van der Waals surface area contributed by atoms with Gasteiger partial charge in [0.15, 0.2) is 0 Å². The van der Waals surface area contributed by atoms with E-state index in [0.717, 1.165) is 21.6 Å². The van der Waals surface area contributed by atoms with E-state index in [1.165, 1.54) is 0 Å². The van der Waals surface area contributed by atoms with Crippen LogP contribution in [-0.4, -0.2) is 4.98 Å². The number of nitrogens with zero attached hydrogens (tertiary/aromatic N) is 1. The minimum absolute atomic E-state index is 0.395. The zero-order valence-electron chi connectivity index (χ0n) is 6.84. The Balaban J connectivity index is 2.57. The van der Waals surface area contributed by atoms with Crippen LogP contribution >= 0.6 is 11.6 Å². The van der Waals surface area contributed by atoms with E-state index in [2.05, 4.69) is 9.83 Å². The molecule has 0 unspecified atom stereocenters. The summed E-state index contributed by atoms with van der Waals surface area (Å²) < 4.78 is 0. The highest BCUT2D eigenvalue weighted by Gasteiger charge is 2.01. The van der Waals surface area contributed by atoms with Gasteiger partial charge in [0.05, 0.1) is 5.69 Å². The quantitative estimate of drug-likeness (QED) is 0.667. The fraction of sp³-hybridized carbons (Fsp3) is 0.100. The highest BCUT2D eigenvalue weighted by atomic mass is 35.5. The standard InChI is InChI=1S/C10H7ClN2/c1-12-6-9-5-7-4-8(11)2-3-10(7)13-9/h2-5,13H,6H2. The molecule has 64 valence electrons. The van der Waals surface area contributed by atoms with Crippen LogP contribution in [0.15, 0.2) is 24.3 Å². The van der Waals surface area contributed by atoms with Crippen molar-refractivity contribution in [1.29, 1.82) is 0 Å². The molecule has 2 rings (SSSR count). The summed E-state index contributed by atoms with van der Waals surface area (Å²) in [7, 11) is 0. The van der Waals surface area contributed by atoms with Crippen LogP contribution in [0.4, 0.5) is 0 Å². The molecule has 0 aliphatic carbocycles. The van der Waals surface area contributed by atoms with Gasteiger partial charge in [-0.05, 0) is 24.3 Å². The number of benzene rings is 1. The van der Waals surface area contributed by atoms with E-state index in [-0.39, 0.29) is 0 Å². The maximum atomic E-state index is 6.73. The van der Waals surface area contributed by atoms with Gasteiger partial charge in [-0.25, -0.2) is 6.57 Å². The highest BCUT2D eigenvalue weighted by Crippen LogP contribution is 2.20. The molecule has 0 amide bonds. The third-order valence-corrected chi connectivity index (χ3v) is 2.12. The second-order valence-electron chi connectivity index (χ2n) is 2.84. The first-order valence-corrected chi connectivity index (χ1v) is 4.28. The summed E-state index contributed by atoms with van der Waals surface area (Å²) in [5, 5.41) is 1.78. The molecule has 0 saturated carbocycles. The summed E-state index contributed by atoms with van der Waals surface area (Å²) in [6.07, 6.45) is 0. The molecular formula is C10H7ClN2. The summed E-state index contributed by atoms with van der Waals surface area (Å²) in [6.45, 7) is 7.13. The zero-order chi connectivity index (χ0) is 9.26. The van der Waals surface area contributed by atoms with Crippen LogP contribution in [0.1, 0.15) is 5.69 Å². The molecule has 2 aromatic rings. The fourth-order valence-corrected chi connectivity index (χ4v) is 1.51. The molecule has 1 heterocycles. The number of aromatic amines is 1. The van der Waals surface area contributed by atoms with Crippen molar-refractivity contribution in [2.24, 2.45) is 0 Å². The summed E-state index contributed by atoms with van der Waals surface area (Å²) in [4.78, 5) is 6.46. The molecule has 2 nitrogen and oxygen atoms in total. The number of hydrogen-bond acceptors (Lipinski definition) is 0. The van der Waals surface area contributed by atoms with Gasteiger partial charge in [-0.3, -0.25) is 0 Å². The number of hydrogen-bond donors (Lipinski definition) is 1. The van der Waals surface area contributed by atoms with E-state index in [9.17, 15) is 0 Å². The number of fused-ring (bicyclic) bond motifs is 1. The predicted octanol–water partition coefficient (Wildman–Crippen LogP) is 3.24. The van der Waals surface area contributed by atoms with Gasteiger partial charge in [-0.15, -0.1) is 0 Å². The lowest BCUT2D eigenvalue weighted by Gasteiger charge is -1.88. The van der Waals surface area contributed by atoms with Gasteiger partial charge in [-0.1, -0.05) is 11.6 Å². The fourth-order valence-electron chi connectivity index (χ4n) is 1.33. The summed E-state index contributed by atoms with van der Waals surface area (Å²) in [6, 6.07) is 7.60. The van der Waals surface area contributed by atoms with Gasteiger partial charge in [-0.2, -0.15) is 0 Å². The molecule has 0 radical (unpaired) electrons. The largest absolute Gasteiger partial charge is 0.352 e. The molecule has 0 aliphatic rings. The Morgan fingerprint density at radius 1 is 1.38 bits per heavy atom. The van der Waals surface area contributed by atoms with Crippen LogP contribution < -0.4 is 0 Å². The SMILES string of the molecule is [C-]#[N+]Cc1cc2cc(Cl)ccc2[nH]1. The van der Waals surface area contributed by atoms with E-state index >= 15 is 0 Å². The predicted molar refractivity (Wildman–Crippen MR) is 53.6 cm³/mol. The number of halogens is 1. The maximum absolute atomic E-state index is 6.73. The Labute approximate surface area is 81.0 Å². The molecule has 1 aromatic carbocycles. The van der Waals surface area contributed by atoms with Crippen molar-refractivity contribution >= 4 is 22.5 Å². The highest BCUT2D eigenvalue weighted by molar-refractivity contribution is 6.31. The second kappa shape index (κ2) is 3.12. The minimum Gasteiger partial charge on any atom is -0.352 e. The Kier molecular flexibility index (Phi) is 1.96. The van der Waals surface area contributed by atoms with Crippen molar-refractivity contribution in [2.75, 3.05) is 0 Å². The number of nitrogens with one attached hydrogen (secondary N) is 1. The van der Waals surface area contributed by atoms with Crippen molar-refractivity contribution in [3.05, 3.63) is 46.4 Å². The van der Waals surface area contributed by atoms with E-state index < -0.39 is 0 Å². The van der Waals surface area contributed by atoms with Gasteiger partial charge < -0.3 is 9.83 Å². The number of aromatic nitrogens is 1. The Morgan fingerprint density at radius 2 is 2.23 bits per heavy atom. The number of H-pyrrole nitrogens is 1. The second-order valence-corrected chi connectivity index (χ2v) is 3.28. The minimum atomic E-state index is 0.395. The summed E-state index contributed by atoms with van der Waals surface area (Å²) >= 11 is 5.83. The maximum Gasteiger partial charge on any atom is 0.254 e. The molecule has 0 bridgehead atoms. The van der Waals surface area contributed by atoms with Crippen LogP contribution in [0.3, 0.4) is 0 Å². The van der Waals surface area contributed by atoms with Crippen molar-refractivity contribution in [2.45, 2.75) is 6.54 Å². The Bertz CT molecular complexity index is 479. The topological polar surface area (TPSA) is 20.1 Å².